The molecule has 1 aromatic heterocycles. The van der Waals surface area contributed by atoms with Crippen LogP contribution in [0.2, 0.25) is 5.02 Å². The number of nitrogens with one attached hydrogen (secondary N) is 1. The molecule has 20 heavy (non-hydrogen) atoms. The number of halogens is 1. The van der Waals surface area contributed by atoms with Gasteiger partial charge in [-0.1, -0.05) is 35.9 Å². The second-order valence-corrected chi connectivity index (χ2v) is 4.74. The minimum absolute atomic E-state index is 0.645. The third-order valence-corrected chi connectivity index (χ3v) is 3.35. The number of aromatic nitrogens is 1. The van der Waals surface area contributed by atoms with Crippen LogP contribution in [-0.4, -0.2) is 12.1 Å². The van der Waals surface area contributed by atoms with E-state index in [-0.39, 0.29) is 0 Å². The fraction of sp³-hybridized carbons (Fsp3) is 0.0625. The van der Waals surface area contributed by atoms with Gasteiger partial charge in [0.15, 0.2) is 0 Å². The van der Waals surface area contributed by atoms with Crippen LogP contribution in [-0.2, 0) is 0 Å². The first-order chi connectivity index (χ1) is 9.78. The molecule has 0 saturated heterocycles. The summed E-state index contributed by atoms with van der Waals surface area (Å²) in [6.07, 6.45) is 0. The van der Waals surface area contributed by atoms with Gasteiger partial charge in [0, 0.05) is 5.39 Å². The molecule has 0 unspecified atom stereocenters. The Morgan fingerprint density at radius 3 is 2.70 bits per heavy atom. The number of hydrogen-bond acceptors (Lipinski definition) is 3. The first-order valence-corrected chi connectivity index (χ1v) is 6.61. The second kappa shape index (κ2) is 5.39. The Kier molecular flexibility index (Phi) is 3.44. The fourth-order valence-corrected chi connectivity index (χ4v) is 2.29. The molecule has 0 atom stereocenters. The molecule has 0 bridgehead atoms. The minimum Gasteiger partial charge on any atom is -0.495 e. The summed E-state index contributed by atoms with van der Waals surface area (Å²) >= 11 is 6.18. The molecule has 1 heterocycles. The van der Waals surface area contributed by atoms with Gasteiger partial charge in [-0.25, -0.2) is 4.98 Å². The Balaban J connectivity index is 2.01. The zero-order valence-electron chi connectivity index (χ0n) is 10.9. The number of anilines is 2. The molecule has 0 aliphatic rings. The van der Waals surface area contributed by atoms with E-state index < -0.39 is 0 Å². The van der Waals surface area contributed by atoms with Crippen LogP contribution >= 0.6 is 11.6 Å². The van der Waals surface area contributed by atoms with Crippen molar-refractivity contribution in [2.45, 2.75) is 0 Å². The number of nitrogens with zero attached hydrogens (tertiary/aromatic N) is 1. The van der Waals surface area contributed by atoms with Crippen molar-refractivity contribution in [1.82, 2.24) is 4.98 Å². The van der Waals surface area contributed by atoms with Gasteiger partial charge in [-0.3, -0.25) is 0 Å². The monoisotopic (exact) mass is 284 g/mol. The van der Waals surface area contributed by atoms with E-state index in [9.17, 15) is 0 Å². The molecule has 0 amide bonds. The second-order valence-electron chi connectivity index (χ2n) is 4.33. The van der Waals surface area contributed by atoms with Crippen molar-refractivity contribution < 1.29 is 4.74 Å². The van der Waals surface area contributed by atoms with Crippen LogP contribution in [0.1, 0.15) is 0 Å². The standard InChI is InChI=1S/C16H13ClN2O/c1-20-14-8-3-2-7-13(14)18-15-10-9-11-5-4-6-12(17)16(11)19-15/h2-10H,1H3,(H,18,19). The molecular formula is C16H13ClN2O. The number of para-hydroxylation sites is 3. The van der Waals surface area contributed by atoms with Crippen LogP contribution in [0.3, 0.4) is 0 Å². The van der Waals surface area contributed by atoms with Crippen LogP contribution in [0.25, 0.3) is 10.9 Å². The minimum atomic E-state index is 0.645. The third kappa shape index (κ3) is 2.40. The summed E-state index contributed by atoms with van der Waals surface area (Å²) in [7, 11) is 1.64. The van der Waals surface area contributed by atoms with E-state index in [4.69, 9.17) is 16.3 Å². The summed E-state index contributed by atoms with van der Waals surface area (Å²) in [5.41, 5.74) is 1.66. The van der Waals surface area contributed by atoms with Crippen molar-refractivity contribution in [1.29, 1.82) is 0 Å². The fourth-order valence-electron chi connectivity index (χ4n) is 2.07. The number of ether oxygens (including phenoxy) is 1. The summed E-state index contributed by atoms with van der Waals surface area (Å²) in [6, 6.07) is 17.4. The lowest BCUT2D eigenvalue weighted by Crippen LogP contribution is -1.96. The first-order valence-electron chi connectivity index (χ1n) is 6.23. The van der Waals surface area contributed by atoms with Gasteiger partial charge in [0.1, 0.15) is 11.6 Å². The van der Waals surface area contributed by atoms with Gasteiger partial charge in [0.05, 0.1) is 23.3 Å². The van der Waals surface area contributed by atoms with E-state index in [0.29, 0.717) is 5.02 Å². The Labute approximate surface area is 122 Å². The van der Waals surface area contributed by atoms with Crippen molar-refractivity contribution >= 4 is 34.0 Å². The summed E-state index contributed by atoms with van der Waals surface area (Å²) in [5.74, 6) is 1.50. The van der Waals surface area contributed by atoms with Gasteiger partial charge in [-0.2, -0.15) is 0 Å². The zero-order chi connectivity index (χ0) is 13.9. The highest BCUT2D eigenvalue weighted by molar-refractivity contribution is 6.35. The zero-order valence-corrected chi connectivity index (χ0v) is 11.7. The molecule has 0 radical (unpaired) electrons. The van der Waals surface area contributed by atoms with Crippen molar-refractivity contribution in [2.24, 2.45) is 0 Å². The van der Waals surface area contributed by atoms with Crippen molar-refractivity contribution in [3.8, 4) is 5.75 Å². The van der Waals surface area contributed by atoms with Crippen LogP contribution in [0, 0.1) is 0 Å². The molecule has 0 saturated carbocycles. The molecular weight excluding hydrogens is 272 g/mol. The Hall–Kier alpha value is -2.26. The lowest BCUT2D eigenvalue weighted by Gasteiger charge is -2.11. The molecule has 3 nitrogen and oxygen atoms in total. The molecule has 4 heteroatoms. The van der Waals surface area contributed by atoms with E-state index >= 15 is 0 Å². The van der Waals surface area contributed by atoms with Crippen molar-refractivity contribution in [3.05, 3.63) is 59.6 Å². The Morgan fingerprint density at radius 2 is 1.85 bits per heavy atom. The topological polar surface area (TPSA) is 34.1 Å². The number of hydrogen-bond donors (Lipinski definition) is 1. The molecule has 100 valence electrons. The van der Waals surface area contributed by atoms with E-state index in [1.54, 1.807) is 7.11 Å². The Bertz CT molecular complexity index is 758. The molecule has 1 N–H and O–H groups in total. The number of rotatable bonds is 3. The summed E-state index contributed by atoms with van der Waals surface area (Å²) in [5, 5.41) is 4.91. The van der Waals surface area contributed by atoms with Gasteiger partial charge in [-0.05, 0) is 30.3 Å². The normalized spacial score (nSPS) is 10.5. The Morgan fingerprint density at radius 1 is 1.00 bits per heavy atom. The maximum absolute atomic E-state index is 6.18. The number of methoxy groups -OCH3 is 1. The highest BCUT2D eigenvalue weighted by Crippen LogP contribution is 2.28. The van der Waals surface area contributed by atoms with Gasteiger partial charge in [0.2, 0.25) is 0 Å². The largest absolute Gasteiger partial charge is 0.495 e. The SMILES string of the molecule is COc1ccccc1Nc1ccc2cccc(Cl)c2n1. The van der Waals surface area contributed by atoms with E-state index in [1.807, 2.05) is 54.6 Å². The van der Waals surface area contributed by atoms with E-state index in [0.717, 1.165) is 28.2 Å². The maximum Gasteiger partial charge on any atom is 0.142 e. The lowest BCUT2D eigenvalue weighted by atomic mass is 10.2. The van der Waals surface area contributed by atoms with E-state index in [2.05, 4.69) is 10.3 Å². The number of pyridine rings is 1. The quantitative estimate of drug-likeness (QED) is 0.761. The molecule has 3 rings (SSSR count). The predicted molar refractivity (Wildman–Crippen MR) is 83.0 cm³/mol. The molecule has 0 aliphatic carbocycles. The van der Waals surface area contributed by atoms with Crippen molar-refractivity contribution in [3.63, 3.8) is 0 Å². The van der Waals surface area contributed by atoms with Crippen LogP contribution < -0.4 is 10.1 Å². The van der Waals surface area contributed by atoms with Gasteiger partial charge in [-0.15, -0.1) is 0 Å². The highest BCUT2D eigenvalue weighted by atomic mass is 35.5. The molecule has 0 spiro atoms. The van der Waals surface area contributed by atoms with Crippen molar-refractivity contribution in [2.75, 3.05) is 12.4 Å². The molecule has 2 aromatic carbocycles. The van der Waals surface area contributed by atoms with Gasteiger partial charge in [0.25, 0.3) is 0 Å². The molecule has 0 aliphatic heterocycles. The average Bonchev–Trinajstić information content (AvgIpc) is 2.49. The maximum atomic E-state index is 6.18. The molecule has 3 aromatic rings. The summed E-state index contributed by atoms with van der Waals surface area (Å²) < 4.78 is 5.31. The van der Waals surface area contributed by atoms with Gasteiger partial charge < -0.3 is 10.1 Å². The smallest absolute Gasteiger partial charge is 0.142 e. The van der Waals surface area contributed by atoms with Crippen LogP contribution in [0.5, 0.6) is 5.75 Å². The highest BCUT2D eigenvalue weighted by Gasteiger charge is 2.05. The third-order valence-electron chi connectivity index (χ3n) is 3.04. The number of fused-ring (bicyclic) bond motifs is 1. The summed E-state index contributed by atoms with van der Waals surface area (Å²) in [6.45, 7) is 0. The molecule has 0 fully saturated rings. The summed E-state index contributed by atoms with van der Waals surface area (Å²) in [4.78, 5) is 4.55. The van der Waals surface area contributed by atoms with Gasteiger partial charge >= 0.3 is 0 Å². The first kappa shape index (κ1) is 12.8. The lowest BCUT2D eigenvalue weighted by molar-refractivity contribution is 0.417. The van der Waals surface area contributed by atoms with Crippen LogP contribution in [0.15, 0.2) is 54.6 Å². The van der Waals surface area contributed by atoms with Crippen LogP contribution in [0.4, 0.5) is 11.5 Å². The predicted octanol–water partition coefficient (Wildman–Crippen LogP) is 4.64. The number of benzene rings is 2. The average molecular weight is 285 g/mol. The van der Waals surface area contributed by atoms with E-state index in [1.165, 1.54) is 0 Å².